The molecule has 0 bridgehead atoms. The third-order valence-electron chi connectivity index (χ3n) is 5.17. The molecule has 0 aliphatic rings. The van der Waals surface area contributed by atoms with Gasteiger partial charge in [-0.05, 0) is 47.7 Å². The molecule has 1 atom stereocenters. The average molecular weight is 481 g/mol. The molecule has 1 amide bonds. The van der Waals surface area contributed by atoms with Crippen molar-refractivity contribution in [2.75, 3.05) is 0 Å². The van der Waals surface area contributed by atoms with Crippen molar-refractivity contribution in [2.45, 2.75) is 30.8 Å². The molecule has 0 aliphatic carbocycles. The van der Waals surface area contributed by atoms with Gasteiger partial charge in [0.2, 0.25) is 10.0 Å². The standard InChI is InChI=1S/C24H24N4O3S2/c1-2-21(23-25-16-22(27-23)17-7-4-3-5-8-17)28-24(29)18-10-12-20(13-11-18)33(30,31)26-15-19-9-6-14-32-19/h3-14,16,21,26H,2,15H2,1H3,(H,25,27)(H,28,29). The number of sulfonamides is 1. The van der Waals surface area contributed by atoms with Crippen LogP contribution in [0.5, 0.6) is 0 Å². The van der Waals surface area contributed by atoms with E-state index < -0.39 is 10.0 Å². The number of nitrogens with zero attached hydrogens (tertiary/aromatic N) is 1. The number of nitrogens with one attached hydrogen (secondary N) is 3. The number of hydrogen-bond donors (Lipinski definition) is 3. The molecule has 1 unspecified atom stereocenters. The first kappa shape index (κ1) is 22.9. The first-order valence-corrected chi connectivity index (χ1v) is 12.9. The Bertz CT molecular complexity index is 1300. The van der Waals surface area contributed by atoms with Gasteiger partial charge < -0.3 is 10.3 Å². The molecule has 0 fully saturated rings. The lowest BCUT2D eigenvalue weighted by Crippen LogP contribution is -2.29. The second-order valence-corrected chi connectivity index (χ2v) is 10.2. The summed E-state index contributed by atoms with van der Waals surface area (Å²) >= 11 is 1.48. The summed E-state index contributed by atoms with van der Waals surface area (Å²) in [5.41, 5.74) is 2.27. The smallest absolute Gasteiger partial charge is 0.251 e. The van der Waals surface area contributed by atoms with Crippen LogP contribution in [0.1, 0.15) is 40.4 Å². The van der Waals surface area contributed by atoms with Crippen LogP contribution in [0.3, 0.4) is 0 Å². The van der Waals surface area contributed by atoms with E-state index in [0.717, 1.165) is 16.1 Å². The van der Waals surface area contributed by atoms with Gasteiger partial charge in [-0.25, -0.2) is 18.1 Å². The molecule has 7 nitrogen and oxygen atoms in total. The molecule has 2 aromatic heterocycles. The van der Waals surface area contributed by atoms with Crippen molar-refractivity contribution in [3.8, 4) is 11.3 Å². The van der Waals surface area contributed by atoms with Crippen molar-refractivity contribution in [3.05, 3.63) is 94.6 Å². The van der Waals surface area contributed by atoms with Crippen LogP contribution in [0.15, 0.2) is 83.2 Å². The van der Waals surface area contributed by atoms with Crippen molar-refractivity contribution >= 4 is 27.3 Å². The van der Waals surface area contributed by atoms with Crippen LogP contribution in [0.2, 0.25) is 0 Å². The maximum absolute atomic E-state index is 12.8. The fraction of sp³-hybridized carbons (Fsp3) is 0.167. The van der Waals surface area contributed by atoms with Gasteiger partial charge in [-0.2, -0.15) is 0 Å². The lowest BCUT2D eigenvalue weighted by molar-refractivity contribution is 0.0933. The zero-order chi connectivity index (χ0) is 23.3. The molecule has 0 saturated carbocycles. The second-order valence-electron chi connectivity index (χ2n) is 7.41. The summed E-state index contributed by atoms with van der Waals surface area (Å²) in [7, 11) is -3.66. The molecule has 9 heteroatoms. The third-order valence-corrected chi connectivity index (χ3v) is 7.46. The normalized spacial score (nSPS) is 12.4. The number of carbonyl (C=O) groups excluding carboxylic acids is 1. The molecule has 33 heavy (non-hydrogen) atoms. The van der Waals surface area contributed by atoms with Crippen molar-refractivity contribution in [1.82, 2.24) is 20.0 Å². The summed E-state index contributed by atoms with van der Waals surface area (Å²) in [6, 6.07) is 19.2. The second kappa shape index (κ2) is 10.1. The number of imidazole rings is 1. The summed E-state index contributed by atoms with van der Waals surface area (Å²) in [5, 5.41) is 4.86. The molecular formula is C24H24N4O3S2. The van der Waals surface area contributed by atoms with E-state index in [2.05, 4.69) is 20.0 Å². The van der Waals surface area contributed by atoms with E-state index in [1.165, 1.54) is 35.6 Å². The number of rotatable bonds is 9. The first-order valence-electron chi connectivity index (χ1n) is 10.5. The maximum Gasteiger partial charge on any atom is 0.251 e. The van der Waals surface area contributed by atoms with E-state index in [4.69, 9.17) is 0 Å². The van der Waals surface area contributed by atoms with Crippen LogP contribution in [-0.4, -0.2) is 24.3 Å². The molecule has 0 saturated heterocycles. The minimum Gasteiger partial charge on any atom is -0.342 e. The minimum absolute atomic E-state index is 0.112. The number of benzene rings is 2. The Morgan fingerprint density at radius 1 is 1.06 bits per heavy atom. The van der Waals surface area contributed by atoms with E-state index in [-0.39, 0.29) is 23.4 Å². The number of H-pyrrole nitrogens is 1. The van der Waals surface area contributed by atoms with Gasteiger partial charge in [0, 0.05) is 17.0 Å². The zero-order valence-electron chi connectivity index (χ0n) is 18.0. The van der Waals surface area contributed by atoms with E-state index in [9.17, 15) is 13.2 Å². The van der Waals surface area contributed by atoms with Crippen LogP contribution < -0.4 is 10.0 Å². The van der Waals surface area contributed by atoms with Crippen LogP contribution in [0.25, 0.3) is 11.3 Å². The van der Waals surface area contributed by atoms with E-state index >= 15 is 0 Å². The van der Waals surface area contributed by atoms with Gasteiger partial charge in [0.25, 0.3) is 5.91 Å². The van der Waals surface area contributed by atoms with Crippen molar-refractivity contribution in [3.63, 3.8) is 0 Å². The number of aromatic nitrogens is 2. The van der Waals surface area contributed by atoms with Gasteiger partial charge in [-0.3, -0.25) is 4.79 Å². The fourth-order valence-corrected chi connectivity index (χ4v) is 5.07. The predicted octanol–water partition coefficient (Wildman–Crippen LogP) is 4.50. The topological polar surface area (TPSA) is 104 Å². The third kappa shape index (κ3) is 5.57. The molecule has 0 spiro atoms. The summed E-state index contributed by atoms with van der Waals surface area (Å²) < 4.78 is 27.6. The van der Waals surface area contributed by atoms with E-state index in [0.29, 0.717) is 17.8 Å². The monoisotopic (exact) mass is 480 g/mol. The Balaban J connectivity index is 1.42. The SMILES string of the molecule is CCC(NC(=O)c1ccc(S(=O)(=O)NCc2cccs2)cc1)c1ncc(-c2ccccc2)[nH]1. The highest BCUT2D eigenvalue weighted by atomic mass is 32.2. The molecule has 2 heterocycles. The summed E-state index contributed by atoms with van der Waals surface area (Å²) in [6.45, 7) is 2.19. The van der Waals surface area contributed by atoms with E-state index in [1.54, 1.807) is 6.20 Å². The Morgan fingerprint density at radius 2 is 1.82 bits per heavy atom. The van der Waals surface area contributed by atoms with Crippen LogP contribution in [0, 0.1) is 0 Å². The van der Waals surface area contributed by atoms with Gasteiger partial charge in [0.15, 0.2) is 0 Å². The summed E-state index contributed by atoms with van der Waals surface area (Å²) in [5.74, 6) is 0.372. The van der Waals surface area contributed by atoms with Gasteiger partial charge in [-0.15, -0.1) is 11.3 Å². The highest BCUT2D eigenvalue weighted by Crippen LogP contribution is 2.21. The van der Waals surface area contributed by atoms with Crippen LogP contribution in [0.4, 0.5) is 0 Å². The Labute approximate surface area is 197 Å². The summed E-state index contributed by atoms with van der Waals surface area (Å²) in [4.78, 5) is 21.5. The highest BCUT2D eigenvalue weighted by Gasteiger charge is 2.19. The van der Waals surface area contributed by atoms with Gasteiger partial charge in [0.1, 0.15) is 5.82 Å². The molecule has 0 radical (unpaired) electrons. The Morgan fingerprint density at radius 3 is 2.48 bits per heavy atom. The number of carbonyl (C=O) groups is 1. The number of aromatic amines is 1. The lowest BCUT2D eigenvalue weighted by atomic mass is 10.1. The van der Waals surface area contributed by atoms with Gasteiger partial charge in [-0.1, -0.05) is 43.3 Å². The van der Waals surface area contributed by atoms with Crippen LogP contribution >= 0.6 is 11.3 Å². The van der Waals surface area contributed by atoms with Gasteiger partial charge >= 0.3 is 0 Å². The Hall–Kier alpha value is -3.27. The lowest BCUT2D eigenvalue weighted by Gasteiger charge is -2.15. The van der Waals surface area contributed by atoms with Crippen molar-refractivity contribution < 1.29 is 13.2 Å². The zero-order valence-corrected chi connectivity index (χ0v) is 19.6. The molecule has 170 valence electrons. The average Bonchev–Trinajstić information content (AvgIpc) is 3.54. The fourth-order valence-electron chi connectivity index (χ4n) is 3.33. The first-order chi connectivity index (χ1) is 16.0. The Kier molecular flexibility index (Phi) is 7.02. The minimum atomic E-state index is -3.66. The maximum atomic E-state index is 12.8. The molecule has 4 aromatic rings. The van der Waals surface area contributed by atoms with Gasteiger partial charge in [0.05, 0.1) is 22.8 Å². The predicted molar refractivity (Wildman–Crippen MR) is 129 cm³/mol. The highest BCUT2D eigenvalue weighted by molar-refractivity contribution is 7.89. The van der Waals surface area contributed by atoms with E-state index in [1.807, 2.05) is 54.8 Å². The number of thiophene rings is 1. The molecule has 3 N–H and O–H groups in total. The molecule has 2 aromatic carbocycles. The van der Waals surface area contributed by atoms with Crippen LogP contribution in [-0.2, 0) is 16.6 Å². The summed E-state index contributed by atoms with van der Waals surface area (Å²) in [6.07, 6.45) is 2.40. The van der Waals surface area contributed by atoms with Crippen molar-refractivity contribution in [1.29, 1.82) is 0 Å². The number of hydrogen-bond acceptors (Lipinski definition) is 5. The molecular weight excluding hydrogens is 456 g/mol. The largest absolute Gasteiger partial charge is 0.342 e. The van der Waals surface area contributed by atoms with Crippen molar-refractivity contribution in [2.24, 2.45) is 0 Å². The molecule has 4 rings (SSSR count). The quantitative estimate of drug-likeness (QED) is 0.328. The molecule has 0 aliphatic heterocycles. The number of amides is 1.